The van der Waals surface area contributed by atoms with Crippen molar-refractivity contribution in [1.82, 2.24) is 15.1 Å². The molecule has 1 amide bonds. The van der Waals surface area contributed by atoms with Gasteiger partial charge in [-0.05, 0) is 24.3 Å². The molecule has 0 aromatic carbocycles. The van der Waals surface area contributed by atoms with Crippen LogP contribution in [0.5, 0.6) is 0 Å². The summed E-state index contributed by atoms with van der Waals surface area (Å²) in [7, 11) is 5.34. The Hall–Kier alpha value is -2.70. The molecular formula is C17H24N4O3. The molecule has 0 aliphatic heterocycles. The minimum Gasteiger partial charge on any atom is -0.469 e. The fourth-order valence-electron chi connectivity index (χ4n) is 2.06. The molecule has 0 spiro atoms. The third-order valence-corrected chi connectivity index (χ3v) is 3.43. The molecule has 7 heteroatoms. The first-order valence-electron chi connectivity index (χ1n) is 7.80. The number of nitrogens with one attached hydrogen (secondary N) is 1. The van der Waals surface area contributed by atoms with Crippen molar-refractivity contribution in [3.05, 3.63) is 48.3 Å². The summed E-state index contributed by atoms with van der Waals surface area (Å²) in [6.07, 6.45) is 4.03. The van der Waals surface area contributed by atoms with Gasteiger partial charge in [0.15, 0.2) is 5.96 Å². The molecule has 2 rings (SSSR count). The number of hydrogen-bond acceptors (Lipinski definition) is 4. The number of hydrogen-bond donors (Lipinski definition) is 1. The molecule has 0 unspecified atom stereocenters. The van der Waals surface area contributed by atoms with Gasteiger partial charge in [-0.3, -0.25) is 4.79 Å². The zero-order chi connectivity index (χ0) is 17.4. The highest BCUT2D eigenvalue weighted by molar-refractivity contribution is 5.84. The number of aliphatic imine (C=N–C) groups is 1. The van der Waals surface area contributed by atoms with Crippen LogP contribution in [0.25, 0.3) is 0 Å². The molecule has 24 heavy (non-hydrogen) atoms. The van der Waals surface area contributed by atoms with E-state index in [2.05, 4.69) is 10.3 Å². The van der Waals surface area contributed by atoms with Crippen molar-refractivity contribution in [2.24, 2.45) is 4.99 Å². The quantitative estimate of drug-likeness (QED) is 0.615. The molecular weight excluding hydrogens is 308 g/mol. The number of carbonyl (C=O) groups is 1. The van der Waals surface area contributed by atoms with Crippen LogP contribution in [0, 0.1) is 0 Å². The molecule has 0 atom stereocenters. The Balaban J connectivity index is 1.96. The summed E-state index contributed by atoms with van der Waals surface area (Å²) in [5.74, 6) is 2.33. The van der Waals surface area contributed by atoms with E-state index in [-0.39, 0.29) is 12.5 Å². The summed E-state index contributed by atoms with van der Waals surface area (Å²) in [5.41, 5.74) is 0. The number of rotatable bonds is 7. The van der Waals surface area contributed by atoms with Gasteiger partial charge >= 0.3 is 0 Å². The molecule has 1 N–H and O–H groups in total. The lowest BCUT2D eigenvalue weighted by Gasteiger charge is -2.21. The summed E-state index contributed by atoms with van der Waals surface area (Å²) in [5, 5.41) is 3.27. The highest BCUT2D eigenvalue weighted by Gasteiger charge is 2.11. The smallest absolute Gasteiger partial charge is 0.243 e. The fourth-order valence-corrected chi connectivity index (χ4v) is 2.06. The van der Waals surface area contributed by atoms with Crippen LogP contribution in [0.3, 0.4) is 0 Å². The third kappa shape index (κ3) is 5.49. The summed E-state index contributed by atoms with van der Waals surface area (Å²) in [4.78, 5) is 19.6. The molecule has 0 fully saturated rings. The average molecular weight is 332 g/mol. The van der Waals surface area contributed by atoms with Crippen LogP contribution in [0.15, 0.2) is 50.6 Å². The van der Waals surface area contributed by atoms with E-state index >= 15 is 0 Å². The maximum absolute atomic E-state index is 11.8. The first-order valence-corrected chi connectivity index (χ1v) is 7.80. The topological polar surface area (TPSA) is 74.2 Å². The summed E-state index contributed by atoms with van der Waals surface area (Å²) in [6, 6.07) is 7.55. The molecule has 0 radical (unpaired) electrons. The van der Waals surface area contributed by atoms with E-state index in [0.29, 0.717) is 19.0 Å². The zero-order valence-electron chi connectivity index (χ0n) is 14.4. The summed E-state index contributed by atoms with van der Waals surface area (Å²) < 4.78 is 10.7. The number of nitrogens with zero attached hydrogens (tertiary/aromatic N) is 3. The second-order valence-corrected chi connectivity index (χ2v) is 5.62. The lowest BCUT2D eigenvalue weighted by Crippen LogP contribution is -2.40. The second-order valence-electron chi connectivity index (χ2n) is 5.62. The highest BCUT2D eigenvalue weighted by Crippen LogP contribution is 2.04. The second kappa shape index (κ2) is 8.81. The predicted molar refractivity (Wildman–Crippen MR) is 91.6 cm³/mol. The van der Waals surface area contributed by atoms with Crippen LogP contribution in [0.2, 0.25) is 0 Å². The Bertz CT molecular complexity index is 633. The van der Waals surface area contributed by atoms with Gasteiger partial charge in [0.25, 0.3) is 0 Å². The van der Waals surface area contributed by atoms with Gasteiger partial charge in [-0.15, -0.1) is 0 Å². The van der Waals surface area contributed by atoms with Gasteiger partial charge in [0, 0.05) is 34.1 Å². The first-order chi connectivity index (χ1) is 11.6. The van der Waals surface area contributed by atoms with Crippen LogP contribution in [-0.2, 0) is 17.8 Å². The maximum atomic E-state index is 11.8. The summed E-state index contributed by atoms with van der Waals surface area (Å²) in [6.45, 7) is 1.32. The van der Waals surface area contributed by atoms with Gasteiger partial charge < -0.3 is 24.0 Å². The van der Waals surface area contributed by atoms with Gasteiger partial charge in [-0.2, -0.15) is 0 Å². The molecule has 0 aliphatic carbocycles. The van der Waals surface area contributed by atoms with E-state index in [1.807, 2.05) is 36.2 Å². The van der Waals surface area contributed by atoms with Crippen molar-refractivity contribution in [3.63, 3.8) is 0 Å². The monoisotopic (exact) mass is 332 g/mol. The van der Waals surface area contributed by atoms with Crippen molar-refractivity contribution in [3.8, 4) is 0 Å². The molecule has 7 nitrogen and oxygen atoms in total. The average Bonchev–Trinajstić information content (AvgIpc) is 3.23. The lowest BCUT2D eigenvalue weighted by molar-refractivity contribution is -0.127. The van der Waals surface area contributed by atoms with E-state index in [4.69, 9.17) is 8.83 Å². The largest absolute Gasteiger partial charge is 0.469 e. The van der Waals surface area contributed by atoms with Gasteiger partial charge in [0.2, 0.25) is 5.91 Å². The number of likely N-dealkylation sites (N-methyl/N-ethyl adjacent to an activating group) is 1. The zero-order valence-corrected chi connectivity index (χ0v) is 14.4. The summed E-state index contributed by atoms with van der Waals surface area (Å²) >= 11 is 0. The minimum absolute atomic E-state index is 0.0493. The Morgan fingerprint density at radius 3 is 2.38 bits per heavy atom. The Morgan fingerprint density at radius 1 is 1.12 bits per heavy atom. The molecule has 2 heterocycles. The van der Waals surface area contributed by atoms with Crippen LogP contribution in [0.4, 0.5) is 0 Å². The molecule has 0 bridgehead atoms. The highest BCUT2D eigenvalue weighted by atomic mass is 16.3. The van der Waals surface area contributed by atoms with E-state index in [1.165, 1.54) is 4.90 Å². The van der Waals surface area contributed by atoms with Crippen LogP contribution in [-0.4, -0.2) is 55.9 Å². The van der Waals surface area contributed by atoms with Crippen molar-refractivity contribution < 1.29 is 13.6 Å². The predicted octanol–water partition coefficient (Wildman–Crippen LogP) is 1.58. The number of amides is 1. The molecule has 0 saturated carbocycles. The minimum atomic E-state index is -0.0493. The Labute approximate surface area is 141 Å². The van der Waals surface area contributed by atoms with Crippen molar-refractivity contribution >= 4 is 11.9 Å². The van der Waals surface area contributed by atoms with Gasteiger partial charge in [0.1, 0.15) is 18.1 Å². The Kier molecular flexibility index (Phi) is 6.48. The van der Waals surface area contributed by atoms with E-state index in [9.17, 15) is 4.79 Å². The molecule has 2 aromatic rings. The van der Waals surface area contributed by atoms with Crippen LogP contribution < -0.4 is 5.32 Å². The fraction of sp³-hybridized carbons (Fsp3) is 0.412. The van der Waals surface area contributed by atoms with Crippen molar-refractivity contribution in [1.29, 1.82) is 0 Å². The Morgan fingerprint density at radius 2 is 1.79 bits per heavy atom. The molecule has 0 aliphatic rings. The van der Waals surface area contributed by atoms with E-state index in [1.54, 1.807) is 26.6 Å². The first kappa shape index (κ1) is 17.7. The number of carbonyl (C=O) groups excluding carboxylic acids is 1. The molecule has 130 valence electrons. The lowest BCUT2D eigenvalue weighted by atomic mass is 10.3. The van der Waals surface area contributed by atoms with Crippen LogP contribution >= 0.6 is 0 Å². The third-order valence-electron chi connectivity index (χ3n) is 3.43. The van der Waals surface area contributed by atoms with Gasteiger partial charge in [-0.1, -0.05) is 0 Å². The van der Waals surface area contributed by atoms with Gasteiger partial charge in [0.05, 0.1) is 19.1 Å². The SMILES string of the molecule is CN(C)C(=O)CN=C(NCCc1ccco1)N(C)Cc1ccco1. The number of furan rings is 2. The number of guanidine groups is 1. The molecule has 0 saturated heterocycles. The van der Waals surface area contributed by atoms with Crippen molar-refractivity contribution in [2.75, 3.05) is 34.2 Å². The normalized spacial score (nSPS) is 11.4. The van der Waals surface area contributed by atoms with Gasteiger partial charge in [-0.25, -0.2) is 4.99 Å². The van der Waals surface area contributed by atoms with Crippen molar-refractivity contribution in [2.45, 2.75) is 13.0 Å². The molecule has 2 aromatic heterocycles. The standard InChI is InChI=1S/C17H24N4O3/c1-20(2)16(22)12-19-17(18-9-8-14-6-4-10-23-14)21(3)13-15-7-5-11-24-15/h4-7,10-11H,8-9,12-13H2,1-3H3,(H,18,19). The maximum Gasteiger partial charge on any atom is 0.243 e. The van der Waals surface area contributed by atoms with Crippen LogP contribution in [0.1, 0.15) is 11.5 Å². The van der Waals surface area contributed by atoms with E-state index in [0.717, 1.165) is 17.9 Å². The van der Waals surface area contributed by atoms with E-state index < -0.39 is 0 Å².